The van der Waals surface area contributed by atoms with Crippen molar-refractivity contribution in [2.75, 3.05) is 0 Å². The van der Waals surface area contributed by atoms with Crippen molar-refractivity contribution < 1.29 is 5.11 Å². The summed E-state index contributed by atoms with van der Waals surface area (Å²) in [6, 6.07) is 49.1. The summed E-state index contributed by atoms with van der Waals surface area (Å²) in [6.07, 6.45) is 3.90. The highest BCUT2D eigenvalue weighted by molar-refractivity contribution is 6.01. The zero-order chi connectivity index (χ0) is 42.8. The van der Waals surface area contributed by atoms with E-state index in [9.17, 15) is 5.11 Å². The van der Waals surface area contributed by atoms with E-state index in [2.05, 4.69) is 175 Å². The van der Waals surface area contributed by atoms with E-state index in [0.29, 0.717) is 5.56 Å². The van der Waals surface area contributed by atoms with Crippen LogP contribution in [-0.4, -0.2) is 24.2 Å². The van der Waals surface area contributed by atoms with Crippen molar-refractivity contribution in [3.63, 3.8) is 0 Å². The maximum atomic E-state index is 10.7. The lowest BCUT2D eigenvalue weighted by atomic mass is 9.79. The molecule has 61 heavy (non-hydrogen) atoms. The number of nitrogens with zero attached hydrogens (tertiary/aromatic N) is 4. The molecule has 6 aromatic carbocycles. The average molecular weight is 797 g/mol. The van der Waals surface area contributed by atoms with Crippen LogP contribution in [0, 0.1) is 6.92 Å². The molecule has 0 saturated carbocycles. The zero-order valence-corrected chi connectivity index (χ0v) is 36.4. The van der Waals surface area contributed by atoms with Crippen molar-refractivity contribution in [1.29, 1.82) is 0 Å². The molecule has 0 aliphatic carbocycles. The molecule has 9 rings (SSSR count). The molecule has 0 fully saturated rings. The van der Waals surface area contributed by atoms with E-state index in [-0.39, 0.29) is 16.6 Å². The minimum absolute atomic E-state index is 0.0162. The third kappa shape index (κ3) is 7.04. The molecule has 0 aliphatic heterocycles. The van der Waals surface area contributed by atoms with E-state index >= 15 is 0 Å². The second-order valence-electron chi connectivity index (χ2n) is 18.3. The van der Waals surface area contributed by atoms with Crippen molar-refractivity contribution in [1.82, 2.24) is 19.1 Å². The van der Waals surface area contributed by atoms with Gasteiger partial charge in [0, 0.05) is 46.7 Å². The van der Waals surface area contributed by atoms with Crippen molar-refractivity contribution in [2.45, 2.75) is 59.3 Å². The first-order chi connectivity index (χ1) is 29.2. The van der Waals surface area contributed by atoms with Gasteiger partial charge in [-0.15, -0.1) is 0 Å². The number of hydrogen-bond acceptors (Lipinski definition) is 3. The Bertz CT molecular complexity index is 3130. The fourth-order valence-corrected chi connectivity index (χ4v) is 8.70. The van der Waals surface area contributed by atoms with Crippen LogP contribution in [0.3, 0.4) is 0 Å². The number of rotatable bonds is 7. The average Bonchev–Trinajstić information content (AvgIpc) is 3.75. The summed E-state index contributed by atoms with van der Waals surface area (Å²) in [4.78, 5) is 10.0. The quantitative estimate of drug-likeness (QED) is 0.175. The van der Waals surface area contributed by atoms with E-state index in [1.165, 1.54) is 33.2 Å². The Labute approximate surface area is 359 Å². The lowest BCUT2D eigenvalue weighted by Crippen LogP contribution is -2.16. The number of fused-ring (bicyclic) bond motifs is 2. The maximum Gasteiger partial charge on any atom is 0.144 e. The highest BCUT2D eigenvalue weighted by Crippen LogP contribution is 2.41. The number of para-hydroxylation sites is 3. The van der Waals surface area contributed by atoms with Crippen LogP contribution in [0.2, 0.25) is 0 Å². The molecule has 0 atom stereocenters. The molecule has 5 heteroatoms. The maximum absolute atomic E-state index is 10.7. The first-order valence-corrected chi connectivity index (χ1v) is 21.1. The number of phenolic OH excluding ortho intramolecular Hbond substituents is 1. The van der Waals surface area contributed by atoms with Crippen LogP contribution in [0.1, 0.15) is 63.9 Å². The minimum atomic E-state index is 0.0162. The Hall–Kier alpha value is -6.98. The predicted molar refractivity (Wildman–Crippen MR) is 256 cm³/mol. The molecular weight excluding hydrogens is 745 g/mol. The topological polar surface area (TPSA) is 55.9 Å². The number of aryl methyl sites for hydroxylation is 2. The third-order valence-corrected chi connectivity index (χ3v) is 12.2. The molecule has 0 radical (unpaired) electrons. The van der Waals surface area contributed by atoms with Crippen molar-refractivity contribution in [3.8, 4) is 67.5 Å². The highest BCUT2D eigenvalue weighted by Gasteiger charge is 2.23. The van der Waals surface area contributed by atoms with Gasteiger partial charge in [0.15, 0.2) is 0 Å². The number of pyridine rings is 1. The van der Waals surface area contributed by atoms with Crippen LogP contribution >= 0.6 is 0 Å². The number of benzene rings is 6. The molecule has 0 unspecified atom stereocenters. The van der Waals surface area contributed by atoms with Gasteiger partial charge in [-0.05, 0) is 111 Å². The molecule has 5 nitrogen and oxygen atoms in total. The lowest BCUT2D eigenvalue weighted by molar-refractivity contribution is 0.476. The molecule has 3 heterocycles. The van der Waals surface area contributed by atoms with Crippen molar-refractivity contribution >= 4 is 28.0 Å². The second kappa shape index (κ2) is 14.9. The summed E-state index contributed by atoms with van der Waals surface area (Å²) in [7, 11) is 1.99. The van der Waals surface area contributed by atoms with Crippen LogP contribution in [0.5, 0.6) is 5.75 Å². The van der Waals surface area contributed by atoms with Gasteiger partial charge in [-0.2, -0.15) is 0 Å². The van der Waals surface area contributed by atoms with Gasteiger partial charge in [0.2, 0.25) is 0 Å². The van der Waals surface area contributed by atoms with Crippen LogP contribution in [0.15, 0.2) is 152 Å². The van der Waals surface area contributed by atoms with Gasteiger partial charge in [0.25, 0.3) is 0 Å². The number of aromatic nitrogens is 4. The Morgan fingerprint density at radius 2 is 1.25 bits per heavy atom. The van der Waals surface area contributed by atoms with Crippen LogP contribution in [0.4, 0.5) is 0 Å². The van der Waals surface area contributed by atoms with Crippen molar-refractivity contribution in [3.05, 3.63) is 175 Å². The standard InChI is InChI=1S/C56H52N4O/c1-10-49-35(2)44-22-15-24-46(53(44)60(49)43-20-14-17-36(32-43)40-30-41(55(3,4)5)34-42(31-40)56(6,7)8)38-27-28-57-48(33-38)39-19-13-18-37(29-39)45-23-16-25-50-52(45)58-54(59(50)9)47-21-11-12-26-51(47)61/h10-34,61H,1H2,2-9H3. The number of imidazole rings is 1. The molecule has 0 aliphatic rings. The molecule has 3 aromatic heterocycles. The number of hydrogen-bond donors (Lipinski definition) is 1. The summed E-state index contributed by atoms with van der Waals surface area (Å²) in [5.41, 5.74) is 18.3. The normalized spacial score (nSPS) is 12.1. The summed E-state index contributed by atoms with van der Waals surface area (Å²) in [5, 5.41) is 11.9. The molecule has 9 aromatic rings. The summed E-state index contributed by atoms with van der Waals surface area (Å²) >= 11 is 0. The monoisotopic (exact) mass is 796 g/mol. The molecule has 0 bridgehead atoms. The van der Waals surface area contributed by atoms with Crippen LogP contribution in [-0.2, 0) is 17.9 Å². The lowest BCUT2D eigenvalue weighted by Gasteiger charge is -2.26. The van der Waals surface area contributed by atoms with Crippen LogP contribution < -0.4 is 0 Å². The Balaban J connectivity index is 1.15. The minimum Gasteiger partial charge on any atom is -0.507 e. The fourth-order valence-electron chi connectivity index (χ4n) is 8.70. The first-order valence-electron chi connectivity index (χ1n) is 21.1. The third-order valence-electron chi connectivity index (χ3n) is 12.2. The number of phenols is 1. The van der Waals surface area contributed by atoms with E-state index in [1.807, 2.05) is 42.1 Å². The zero-order valence-electron chi connectivity index (χ0n) is 36.4. The summed E-state index contributed by atoms with van der Waals surface area (Å²) in [6.45, 7) is 20.3. The Morgan fingerprint density at radius 3 is 1.98 bits per heavy atom. The Kier molecular flexibility index (Phi) is 9.66. The van der Waals surface area contributed by atoms with Gasteiger partial charge >= 0.3 is 0 Å². The smallest absolute Gasteiger partial charge is 0.144 e. The predicted octanol–water partition coefficient (Wildman–Crippen LogP) is 14.5. The van der Waals surface area contributed by atoms with Gasteiger partial charge in [0.1, 0.15) is 11.6 Å². The van der Waals surface area contributed by atoms with Crippen molar-refractivity contribution in [2.24, 2.45) is 7.05 Å². The second-order valence-corrected chi connectivity index (χ2v) is 18.3. The molecule has 0 spiro atoms. The van der Waals surface area contributed by atoms with Gasteiger partial charge in [0.05, 0.1) is 27.8 Å². The number of aromatic hydroxyl groups is 1. The molecule has 1 N–H and O–H groups in total. The van der Waals surface area contributed by atoms with Gasteiger partial charge in [-0.1, -0.05) is 139 Å². The SMILES string of the molecule is C=Cc1c(C)c2cccc(-c3ccnc(-c4cccc(-c5cccc6c5nc(-c5ccccc5O)n6C)c4)c3)c2n1-c1cccc(-c2cc(C(C)(C)C)cc(C(C)(C)C)c2)c1. The van der Waals surface area contributed by atoms with E-state index in [1.54, 1.807) is 6.07 Å². The van der Waals surface area contributed by atoms with Gasteiger partial charge in [-0.3, -0.25) is 4.98 Å². The summed E-state index contributed by atoms with van der Waals surface area (Å²) in [5.74, 6) is 0.926. The van der Waals surface area contributed by atoms with Crippen LogP contribution in [0.25, 0.3) is 89.7 Å². The Morgan fingerprint density at radius 1 is 0.607 bits per heavy atom. The summed E-state index contributed by atoms with van der Waals surface area (Å²) < 4.78 is 4.43. The van der Waals surface area contributed by atoms with Gasteiger partial charge < -0.3 is 14.2 Å². The molecule has 0 amide bonds. The van der Waals surface area contributed by atoms with E-state index < -0.39 is 0 Å². The fraction of sp³-hybridized carbons (Fsp3) is 0.179. The molecular formula is C56H52N4O. The largest absolute Gasteiger partial charge is 0.507 e. The molecule has 0 saturated heterocycles. The first kappa shape index (κ1) is 39.5. The van der Waals surface area contributed by atoms with E-state index in [0.717, 1.165) is 67.3 Å². The molecule has 302 valence electrons. The van der Waals surface area contributed by atoms with Gasteiger partial charge in [-0.25, -0.2) is 4.98 Å². The highest BCUT2D eigenvalue weighted by atomic mass is 16.3. The van der Waals surface area contributed by atoms with E-state index in [4.69, 9.17) is 9.97 Å².